The number of amides is 3. The van der Waals surface area contributed by atoms with E-state index in [2.05, 4.69) is 17.2 Å². The third-order valence-corrected chi connectivity index (χ3v) is 3.17. The summed E-state index contributed by atoms with van der Waals surface area (Å²) in [6.07, 6.45) is -1.01. The number of aliphatic hydroxyl groups is 1. The van der Waals surface area contributed by atoms with Crippen LogP contribution in [0.1, 0.15) is 48.0 Å². The van der Waals surface area contributed by atoms with Crippen LogP contribution in [0.15, 0.2) is 12.7 Å². The van der Waals surface area contributed by atoms with Crippen molar-refractivity contribution in [2.24, 2.45) is 0 Å². The maximum atomic E-state index is 12.4. The van der Waals surface area contributed by atoms with E-state index in [0.29, 0.717) is 6.42 Å². The highest BCUT2D eigenvalue weighted by atomic mass is 16.6. The molecule has 0 aliphatic carbocycles. The maximum absolute atomic E-state index is 12.4. The van der Waals surface area contributed by atoms with Crippen molar-refractivity contribution in [3.63, 3.8) is 0 Å². The van der Waals surface area contributed by atoms with E-state index in [0.717, 1.165) is 0 Å². The first-order valence-electron chi connectivity index (χ1n) is 9.88. The lowest BCUT2D eigenvalue weighted by molar-refractivity contribution is 0.0138. The second-order valence-electron chi connectivity index (χ2n) is 8.63. The van der Waals surface area contributed by atoms with Gasteiger partial charge in [-0.3, -0.25) is 0 Å². The van der Waals surface area contributed by atoms with Gasteiger partial charge in [0.2, 0.25) is 0 Å². The van der Waals surface area contributed by atoms with Crippen molar-refractivity contribution in [3.8, 4) is 0 Å². The van der Waals surface area contributed by atoms with Crippen molar-refractivity contribution in [2.75, 3.05) is 32.8 Å². The van der Waals surface area contributed by atoms with E-state index in [1.54, 1.807) is 41.5 Å². The van der Waals surface area contributed by atoms with Gasteiger partial charge in [-0.2, -0.15) is 0 Å². The minimum absolute atomic E-state index is 0.0639. The molecule has 174 valence electrons. The lowest BCUT2D eigenvalue weighted by Crippen LogP contribution is -2.46. The first-order valence-corrected chi connectivity index (χ1v) is 9.88. The van der Waals surface area contributed by atoms with E-state index in [1.807, 2.05) is 0 Å². The molecule has 0 rings (SSSR count). The van der Waals surface area contributed by atoms with Crippen LogP contribution >= 0.6 is 0 Å². The van der Waals surface area contributed by atoms with Crippen LogP contribution in [0.25, 0.3) is 0 Å². The molecular weight excluding hydrogens is 394 g/mol. The van der Waals surface area contributed by atoms with Crippen LogP contribution in [0.4, 0.5) is 14.4 Å². The number of hydrogen-bond donors (Lipinski definition) is 3. The highest BCUT2D eigenvalue weighted by Crippen LogP contribution is 2.11. The Morgan fingerprint density at radius 1 is 1.03 bits per heavy atom. The summed E-state index contributed by atoms with van der Waals surface area (Å²) in [6.45, 7) is 14.3. The molecule has 0 unspecified atom stereocenters. The summed E-state index contributed by atoms with van der Waals surface area (Å²) in [4.78, 5) is 36.9. The third kappa shape index (κ3) is 15.4. The van der Waals surface area contributed by atoms with Crippen molar-refractivity contribution in [1.29, 1.82) is 0 Å². The summed E-state index contributed by atoms with van der Waals surface area (Å²) in [5, 5.41) is 15.3. The van der Waals surface area contributed by atoms with Crippen molar-refractivity contribution in [1.82, 2.24) is 15.5 Å². The van der Waals surface area contributed by atoms with Gasteiger partial charge in [0.15, 0.2) is 0 Å². The van der Waals surface area contributed by atoms with Gasteiger partial charge in [0, 0.05) is 19.6 Å². The van der Waals surface area contributed by atoms with Gasteiger partial charge in [0.1, 0.15) is 17.8 Å². The zero-order valence-corrected chi connectivity index (χ0v) is 18.9. The zero-order chi connectivity index (χ0) is 23.4. The first-order chi connectivity index (χ1) is 13.7. The van der Waals surface area contributed by atoms with Gasteiger partial charge in [0.05, 0.1) is 12.6 Å². The molecule has 0 saturated carbocycles. The Kier molecular flexibility index (Phi) is 11.9. The molecule has 0 aromatic carbocycles. The van der Waals surface area contributed by atoms with Gasteiger partial charge in [-0.15, -0.1) is 0 Å². The number of rotatable bonds is 10. The predicted molar refractivity (Wildman–Crippen MR) is 112 cm³/mol. The molecule has 10 nitrogen and oxygen atoms in total. The van der Waals surface area contributed by atoms with Gasteiger partial charge in [-0.1, -0.05) is 12.7 Å². The van der Waals surface area contributed by atoms with E-state index in [-0.39, 0.29) is 32.8 Å². The monoisotopic (exact) mass is 431 g/mol. The topological polar surface area (TPSA) is 126 Å². The predicted octanol–water partition coefficient (Wildman–Crippen LogP) is 2.41. The second-order valence-corrected chi connectivity index (χ2v) is 8.63. The first kappa shape index (κ1) is 27.5. The summed E-state index contributed by atoms with van der Waals surface area (Å²) >= 11 is 0. The van der Waals surface area contributed by atoms with Crippen molar-refractivity contribution >= 4 is 18.3 Å². The molecule has 0 aliphatic heterocycles. The van der Waals surface area contributed by atoms with Crippen LogP contribution in [0.2, 0.25) is 0 Å². The molecule has 3 N–H and O–H groups in total. The van der Waals surface area contributed by atoms with E-state index in [9.17, 15) is 19.5 Å². The van der Waals surface area contributed by atoms with Gasteiger partial charge < -0.3 is 34.9 Å². The lowest BCUT2D eigenvalue weighted by atomic mass is 10.2. The average molecular weight is 432 g/mol. The minimum atomic E-state index is -1.03. The van der Waals surface area contributed by atoms with Gasteiger partial charge in [-0.25, -0.2) is 14.4 Å². The van der Waals surface area contributed by atoms with Crippen LogP contribution in [-0.4, -0.2) is 78.4 Å². The Balaban J connectivity index is 4.65. The molecular formula is C20H37N3O7. The number of aliphatic hydroxyl groups excluding tert-OH is 1. The number of nitrogens with zero attached hydrogens (tertiary/aromatic N) is 1. The largest absolute Gasteiger partial charge is 0.445 e. The Bertz CT molecular complexity index is 568. The maximum Gasteiger partial charge on any atom is 0.410 e. The van der Waals surface area contributed by atoms with E-state index < -0.39 is 35.6 Å². The summed E-state index contributed by atoms with van der Waals surface area (Å²) in [6, 6.07) is 0. The van der Waals surface area contributed by atoms with Gasteiger partial charge in [-0.05, 0) is 48.0 Å². The molecule has 0 aliphatic rings. The quantitative estimate of drug-likeness (QED) is 0.275. The molecule has 30 heavy (non-hydrogen) atoms. The van der Waals surface area contributed by atoms with Crippen molar-refractivity contribution < 1.29 is 33.7 Å². The molecule has 3 amide bonds. The van der Waals surface area contributed by atoms with Crippen LogP contribution < -0.4 is 10.6 Å². The molecule has 10 heteroatoms. The Morgan fingerprint density at radius 3 is 2.17 bits per heavy atom. The molecule has 0 bridgehead atoms. The van der Waals surface area contributed by atoms with E-state index in [4.69, 9.17) is 14.2 Å². The highest BCUT2D eigenvalue weighted by Gasteiger charge is 2.24. The zero-order valence-electron chi connectivity index (χ0n) is 18.9. The standard InChI is InChI=1S/C20H37N3O7/c1-8-12-28-16(25)21-10-9-11-23(18(27)30-20(5,6)7)14-15(24)13-22-17(26)29-19(2,3)4/h8,15,24H,1,9-14H2,2-7H3,(H,21,25)(H,22,26)/t15-/m1/s1. The van der Waals surface area contributed by atoms with Gasteiger partial charge in [0.25, 0.3) is 0 Å². The molecule has 0 aromatic rings. The summed E-state index contributed by atoms with van der Waals surface area (Å²) in [5.41, 5.74) is -1.36. The molecule has 0 spiro atoms. The van der Waals surface area contributed by atoms with Crippen molar-refractivity contribution in [2.45, 2.75) is 65.3 Å². The van der Waals surface area contributed by atoms with Crippen LogP contribution in [-0.2, 0) is 14.2 Å². The average Bonchev–Trinajstić information content (AvgIpc) is 2.57. The van der Waals surface area contributed by atoms with Crippen LogP contribution in [0.5, 0.6) is 0 Å². The summed E-state index contributed by atoms with van der Waals surface area (Å²) in [5.74, 6) is 0. The molecule has 1 atom stereocenters. The fourth-order valence-electron chi connectivity index (χ4n) is 2.06. The fraction of sp³-hybridized carbons (Fsp3) is 0.750. The summed E-state index contributed by atoms with van der Waals surface area (Å²) in [7, 11) is 0. The number of ether oxygens (including phenoxy) is 3. The smallest absolute Gasteiger partial charge is 0.410 e. The SMILES string of the molecule is C=CCOC(=O)NCCCN(C[C@H](O)CNC(=O)OC(C)(C)C)C(=O)OC(C)(C)C. The Morgan fingerprint density at radius 2 is 1.63 bits per heavy atom. The molecule has 0 radical (unpaired) electrons. The number of carbonyl (C=O) groups is 3. The molecule has 0 heterocycles. The van der Waals surface area contributed by atoms with Crippen LogP contribution in [0.3, 0.4) is 0 Å². The molecule has 0 aromatic heterocycles. The Hall–Kier alpha value is -2.49. The number of hydrogen-bond acceptors (Lipinski definition) is 7. The fourth-order valence-corrected chi connectivity index (χ4v) is 2.06. The third-order valence-electron chi connectivity index (χ3n) is 3.17. The van der Waals surface area contributed by atoms with Gasteiger partial charge >= 0.3 is 18.3 Å². The second kappa shape index (κ2) is 12.9. The normalized spacial score (nSPS) is 12.4. The van der Waals surface area contributed by atoms with E-state index in [1.165, 1.54) is 11.0 Å². The number of nitrogens with one attached hydrogen (secondary N) is 2. The van der Waals surface area contributed by atoms with Crippen LogP contribution in [0, 0.1) is 0 Å². The molecule has 0 fully saturated rings. The lowest BCUT2D eigenvalue weighted by Gasteiger charge is -2.29. The molecule has 0 saturated heterocycles. The highest BCUT2D eigenvalue weighted by molar-refractivity contribution is 5.69. The number of carbonyl (C=O) groups excluding carboxylic acids is 3. The summed E-state index contributed by atoms with van der Waals surface area (Å²) < 4.78 is 15.3. The minimum Gasteiger partial charge on any atom is -0.445 e. The van der Waals surface area contributed by atoms with E-state index >= 15 is 0 Å². The number of alkyl carbamates (subject to hydrolysis) is 2. The Labute approximate surface area is 178 Å². The van der Waals surface area contributed by atoms with Crippen molar-refractivity contribution in [3.05, 3.63) is 12.7 Å².